The molecule has 0 aliphatic heterocycles. The van der Waals surface area contributed by atoms with Crippen LogP contribution in [0.15, 0.2) is 24.3 Å². The Morgan fingerprint density at radius 3 is 2.47 bits per heavy atom. The zero-order chi connectivity index (χ0) is 11.3. The summed E-state index contributed by atoms with van der Waals surface area (Å²) in [6.45, 7) is 4.75. The van der Waals surface area contributed by atoms with E-state index in [0.29, 0.717) is 11.4 Å². The van der Waals surface area contributed by atoms with Crippen molar-refractivity contribution in [1.82, 2.24) is 5.32 Å². The quantitative estimate of drug-likeness (QED) is 0.837. The molecule has 0 fully saturated rings. The highest BCUT2D eigenvalue weighted by Gasteiger charge is 2.05. The van der Waals surface area contributed by atoms with Gasteiger partial charge >= 0.3 is 0 Å². The molecule has 1 unspecified atom stereocenters. The van der Waals surface area contributed by atoms with Crippen molar-refractivity contribution in [2.75, 3.05) is 6.54 Å². The molecule has 1 aromatic carbocycles. The predicted molar refractivity (Wildman–Crippen MR) is 66.5 cm³/mol. The van der Waals surface area contributed by atoms with Gasteiger partial charge in [0.2, 0.25) is 0 Å². The van der Waals surface area contributed by atoms with E-state index in [0.717, 1.165) is 12.0 Å². The highest BCUT2D eigenvalue weighted by molar-refractivity contribution is 9.09. The van der Waals surface area contributed by atoms with E-state index in [1.807, 2.05) is 31.2 Å². The number of hydrogen-bond donors (Lipinski definition) is 1. The Morgan fingerprint density at radius 2 is 2.00 bits per heavy atom. The summed E-state index contributed by atoms with van der Waals surface area (Å²) in [5.74, 6) is -0.0102. The van der Waals surface area contributed by atoms with Crippen LogP contribution in [0.5, 0.6) is 0 Å². The lowest BCUT2D eigenvalue weighted by atomic mass is 10.1. The Hall–Kier alpha value is -0.830. The fourth-order valence-electron chi connectivity index (χ4n) is 1.23. The fraction of sp³-hybridized carbons (Fsp3) is 0.417. The normalized spacial score (nSPS) is 12.2. The van der Waals surface area contributed by atoms with E-state index < -0.39 is 0 Å². The monoisotopic (exact) mass is 269 g/mol. The van der Waals surface area contributed by atoms with Gasteiger partial charge in [0.05, 0.1) is 0 Å². The molecule has 0 saturated heterocycles. The molecule has 1 atom stereocenters. The first kappa shape index (κ1) is 12.2. The molecular weight excluding hydrogens is 254 g/mol. The average molecular weight is 270 g/mol. The average Bonchev–Trinajstić information content (AvgIpc) is 2.26. The lowest BCUT2D eigenvalue weighted by Crippen LogP contribution is -2.28. The number of hydrogen-bond acceptors (Lipinski definition) is 1. The minimum Gasteiger partial charge on any atom is -0.351 e. The first-order chi connectivity index (χ1) is 7.13. The Kier molecular flexibility index (Phi) is 4.82. The van der Waals surface area contributed by atoms with E-state index in [4.69, 9.17) is 0 Å². The number of benzene rings is 1. The van der Waals surface area contributed by atoms with Crippen LogP contribution < -0.4 is 5.32 Å². The second-order valence-electron chi connectivity index (χ2n) is 3.54. The molecule has 15 heavy (non-hydrogen) atoms. The summed E-state index contributed by atoms with van der Waals surface area (Å²) >= 11 is 3.38. The van der Waals surface area contributed by atoms with Crippen molar-refractivity contribution in [1.29, 1.82) is 0 Å². The SMILES string of the molecule is CCc1ccc(C(=O)NCC(C)Br)cc1. The molecule has 1 aromatic rings. The van der Waals surface area contributed by atoms with Crippen molar-refractivity contribution in [2.24, 2.45) is 0 Å². The lowest BCUT2D eigenvalue weighted by molar-refractivity contribution is 0.0954. The van der Waals surface area contributed by atoms with Gasteiger partial charge < -0.3 is 5.32 Å². The van der Waals surface area contributed by atoms with Crippen LogP contribution in [0.2, 0.25) is 0 Å². The maximum absolute atomic E-state index is 11.6. The number of amides is 1. The summed E-state index contributed by atoms with van der Waals surface area (Å²) in [6, 6.07) is 7.72. The van der Waals surface area contributed by atoms with Crippen molar-refractivity contribution in [3.8, 4) is 0 Å². The first-order valence-electron chi connectivity index (χ1n) is 5.14. The minimum absolute atomic E-state index is 0.0102. The maximum atomic E-state index is 11.6. The van der Waals surface area contributed by atoms with Gasteiger partial charge in [-0.15, -0.1) is 0 Å². The van der Waals surface area contributed by atoms with Crippen molar-refractivity contribution >= 4 is 21.8 Å². The largest absolute Gasteiger partial charge is 0.351 e. The van der Waals surface area contributed by atoms with Crippen molar-refractivity contribution < 1.29 is 4.79 Å². The van der Waals surface area contributed by atoms with Crippen molar-refractivity contribution in [3.63, 3.8) is 0 Å². The second kappa shape index (κ2) is 5.91. The van der Waals surface area contributed by atoms with Gasteiger partial charge in [0, 0.05) is 16.9 Å². The molecule has 0 bridgehead atoms. The predicted octanol–water partition coefficient (Wildman–Crippen LogP) is 2.76. The van der Waals surface area contributed by atoms with Gasteiger partial charge in [-0.2, -0.15) is 0 Å². The Morgan fingerprint density at radius 1 is 1.40 bits per heavy atom. The van der Waals surface area contributed by atoms with Gasteiger partial charge in [-0.3, -0.25) is 4.79 Å². The Labute approximate surface area is 99.2 Å². The summed E-state index contributed by atoms with van der Waals surface area (Å²) < 4.78 is 0. The van der Waals surface area contributed by atoms with E-state index in [1.54, 1.807) is 0 Å². The molecule has 0 heterocycles. The number of aryl methyl sites for hydroxylation is 1. The molecule has 2 nitrogen and oxygen atoms in total. The fourth-order valence-corrected chi connectivity index (χ4v) is 1.39. The van der Waals surface area contributed by atoms with Gasteiger partial charge in [0.1, 0.15) is 0 Å². The Balaban J connectivity index is 2.58. The van der Waals surface area contributed by atoms with Crippen LogP contribution in [0, 0.1) is 0 Å². The lowest BCUT2D eigenvalue weighted by Gasteiger charge is -2.06. The summed E-state index contributed by atoms with van der Waals surface area (Å²) in [4.78, 5) is 11.9. The molecule has 0 aromatic heterocycles. The van der Waals surface area contributed by atoms with E-state index >= 15 is 0 Å². The van der Waals surface area contributed by atoms with Gasteiger partial charge in [0.15, 0.2) is 0 Å². The molecule has 1 amide bonds. The summed E-state index contributed by atoms with van der Waals surface area (Å²) in [5.41, 5.74) is 1.97. The van der Waals surface area contributed by atoms with Crippen LogP contribution in [0.25, 0.3) is 0 Å². The molecule has 0 aliphatic carbocycles. The number of halogens is 1. The number of alkyl halides is 1. The smallest absolute Gasteiger partial charge is 0.251 e. The number of carbonyl (C=O) groups excluding carboxylic acids is 1. The minimum atomic E-state index is -0.0102. The molecule has 1 N–H and O–H groups in total. The third-order valence-electron chi connectivity index (χ3n) is 2.17. The van der Waals surface area contributed by atoms with Crippen LogP contribution in [-0.2, 0) is 6.42 Å². The summed E-state index contributed by atoms with van der Waals surface area (Å²) in [5, 5.41) is 2.85. The molecule has 3 heteroatoms. The number of rotatable bonds is 4. The zero-order valence-corrected chi connectivity index (χ0v) is 10.7. The molecule has 82 valence electrons. The third-order valence-corrected chi connectivity index (χ3v) is 2.49. The van der Waals surface area contributed by atoms with Gasteiger partial charge in [-0.25, -0.2) is 0 Å². The second-order valence-corrected chi connectivity index (χ2v) is 5.10. The van der Waals surface area contributed by atoms with Gasteiger partial charge in [-0.05, 0) is 24.1 Å². The molecule has 0 aliphatic rings. The van der Waals surface area contributed by atoms with Gasteiger partial charge in [0.25, 0.3) is 5.91 Å². The van der Waals surface area contributed by atoms with E-state index in [-0.39, 0.29) is 5.91 Å². The topological polar surface area (TPSA) is 29.1 Å². The standard InChI is InChI=1S/C12H16BrNO/c1-3-10-4-6-11(7-5-10)12(15)14-8-9(2)13/h4-7,9H,3,8H2,1-2H3,(H,14,15). The summed E-state index contributed by atoms with van der Waals surface area (Å²) in [7, 11) is 0. The van der Waals surface area contributed by atoms with Crippen LogP contribution >= 0.6 is 15.9 Å². The number of carbonyl (C=O) groups is 1. The van der Waals surface area contributed by atoms with Crippen LogP contribution in [-0.4, -0.2) is 17.3 Å². The molecule has 0 spiro atoms. The highest BCUT2D eigenvalue weighted by atomic mass is 79.9. The third kappa shape index (κ3) is 4.04. The molecule has 0 radical (unpaired) electrons. The Bertz CT molecular complexity index is 319. The summed E-state index contributed by atoms with van der Waals surface area (Å²) in [6.07, 6.45) is 1.00. The van der Waals surface area contributed by atoms with E-state index in [1.165, 1.54) is 5.56 Å². The van der Waals surface area contributed by atoms with E-state index in [2.05, 4.69) is 28.2 Å². The molecular formula is C12H16BrNO. The van der Waals surface area contributed by atoms with Crippen LogP contribution in [0.3, 0.4) is 0 Å². The molecule has 0 saturated carbocycles. The van der Waals surface area contributed by atoms with Gasteiger partial charge in [-0.1, -0.05) is 41.9 Å². The number of nitrogens with one attached hydrogen (secondary N) is 1. The molecule has 1 rings (SSSR count). The zero-order valence-electron chi connectivity index (χ0n) is 9.09. The van der Waals surface area contributed by atoms with Crippen LogP contribution in [0.1, 0.15) is 29.8 Å². The van der Waals surface area contributed by atoms with Crippen molar-refractivity contribution in [2.45, 2.75) is 25.1 Å². The van der Waals surface area contributed by atoms with Crippen molar-refractivity contribution in [3.05, 3.63) is 35.4 Å². The van der Waals surface area contributed by atoms with Crippen LogP contribution in [0.4, 0.5) is 0 Å². The van der Waals surface area contributed by atoms with E-state index in [9.17, 15) is 4.79 Å². The maximum Gasteiger partial charge on any atom is 0.251 e. The highest BCUT2D eigenvalue weighted by Crippen LogP contribution is 2.05. The first-order valence-corrected chi connectivity index (χ1v) is 6.06.